The Kier molecular flexibility index (Phi) is 8.43. The second-order valence-corrected chi connectivity index (χ2v) is 8.52. The van der Waals surface area contributed by atoms with Gasteiger partial charge in [-0.1, -0.05) is 48.8 Å². The van der Waals surface area contributed by atoms with Crippen molar-refractivity contribution in [3.8, 4) is 11.3 Å². The summed E-state index contributed by atoms with van der Waals surface area (Å²) in [6.07, 6.45) is -4.71. The van der Waals surface area contributed by atoms with E-state index in [0.717, 1.165) is 12.1 Å². The number of alkyl halides is 3. The number of nitrogens with zero attached hydrogens (tertiary/aromatic N) is 1. The molecule has 0 bridgehead atoms. The average molecular weight is 539 g/mol. The smallest absolute Gasteiger partial charge is 0.418 e. The van der Waals surface area contributed by atoms with Crippen LogP contribution < -0.4 is 16.0 Å². The predicted octanol–water partition coefficient (Wildman–Crippen LogP) is 5.59. The lowest BCUT2D eigenvalue weighted by Gasteiger charge is -2.18. The van der Waals surface area contributed by atoms with Crippen LogP contribution in [0.1, 0.15) is 30.0 Å². The Balaban J connectivity index is 1.67. The highest BCUT2D eigenvalue weighted by atomic mass is 35.5. The molecule has 1 aromatic heterocycles. The normalized spacial score (nSPS) is 12.1. The summed E-state index contributed by atoms with van der Waals surface area (Å²) in [5, 5.41) is 10.7. The third kappa shape index (κ3) is 6.79. The van der Waals surface area contributed by atoms with Gasteiger partial charge in [0.15, 0.2) is 0 Å². The topological polar surface area (TPSA) is 123 Å². The predicted molar refractivity (Wildman–Crippen MR) is 129 cm³/mol. The van der Waals surface area contributed by atoms with Crippen LogP contribution in [-0.2, 0) is 15.7 Å². The Morgan fingerprint density at radius 1 is 1.05 bits per heavy atom. The van der Waals surface area contributed by atoms with Crippen LogP contribution >= 0.6 is 11.6 Å². The molecule has 0 aliphatic heterocycles. The second kappa shape index (κ2) is 11.3. The van der Waals surface area contributed by atoms with Gasteiger partial charge in [-0.25, -0.2) is 9.59 Å². The number of esters is 1. The van der Waals surface area contributed by atoms with E-state index in [1.165, 1.54) is 31.4 Å². The van der Waals surface area contributed by atoms with E-state index >= 15 is 0 Å². The van der Waals surface area contributed by atoms with Crippen molar-refractivity contribution >= 4 is 40.9 Å². The largest absolute Gasteiger partial charge is 0.467 e. The van der Waals surface area contributed by atoms with Gasteiger partial charge in [0.05, 0.1) is 23.4 Å². The lowest BCUT2D eigenvalue weighted by Crippen LogP contribution is -2.44. The molecule has 0 saturated heterocycles. The molecule has 196 valence electrons. The summed E-state index contributed by atoms with van der Waals surface area (Å²) in [6, 6.07) is 8.79. The standard InChI is InChI=1S/C24H22ClF3N4O5/c1-12(2)19(22(34)36-3)30-21(33)18-11-17(32-37-18)13-7-9-14(10-8-13)29-23(35)31-20-15(24(26,27)28)5-4-6-16(20)25/h4-12,19H,1-3H3,(H,30,33)(H2,29,31,35). The van der Waals surface area contributed by atoms with Crippen molar-refractivity contribution in [1.82, 2.24) is 10.5 Å². The third-order valence-corrected chi connectivity index (χ3v) is 5.45. The molecular formula is C24H22ClF3N4O5. The summed E-state index contributed by atoms with van der Waals surface area (Å²) >= 11 is 5.85. The molecule has 2 aromatic carbocycles. The Morgan fingerprint density at radius 2 is 1.73 bits per heavy atom. The molecule has 1 unspecified atom stereocenters. The van der Waals surface area contributed by atoms with E-state index in [1.807, 2.05) is 0 Å². The minimum absolute atomic E-state index is 0.133. The molecule has 3 rings (SSSR count). The summed E-state index contributed by atoms with van der Waals surface area (Å²) < 4.78 is 49.4. The van der Waals surface area contributed by atoms with Gasteiger partial charge in [-0.05, 0) is 30.2 Å². The fourth-order valence-corrected chi connectivity index (χ4v) is 3.46. The molecule has 3 aromatic rings. The van der Waals surface area contributed by atoms with Crippen molar-refractivity contribution in [3.63, 3.8) is 0 Å². The highest BCUT2D eigenvalue weighted by Crippen LogP contribution is 2.38. The Bertz CT molecular complexity index is 1290. The molecule has 3 N–H and O–H groups in total. The first-order chi connectivity index (χ1) is 17.4. The summed E-state index contributed by atoms with van der Waals surface area (Å²) in [4.78, 5) is 36.6. The van der Waals surface area contributed by atoms with Crippen LogP contribution in [0.5, 0.6) is 0 Å². The van der Waals surface area contributed by atoms with Crippen LogP contribution in [0.4, 0.5) is 29.3 Å². The number of methoxy groups -OCH3 is 1. The van der Waals surface area contributed by atoms with Crippen molar-refractivity contribution < 1.29 is 36.8 Å². The maximum absolute atomic E-state index is 13.2. The van der Waals surface area contributed by atoms with Crippen LogP contribution in [0.15, 0.2) is 53.1 Å². The number of carbonyl (C=O) groups excluding carboxylic acids is 3. The van der Waals surface area contributed by atoms with Crippen LogP contribution in [0.25, 0.3) is 11.3 Å². The Morgan fingerprint density at radius 3 is 2.32 bits per heavy atom. The Hall–Kier alpha value is -4.06. The van der Waals surface area contributed by atoms with E-state index in [0.29, 0.717) is 11.3 Å². The molecule has 3 amide bonds. The highest BCUT2D eigenvalue weighted by Gasteiger charge is 2.35. The van der Waals surface area contributed by atoms with Gasteiger partial charge in [0, 0.05) is 17.3 Å². The molecule has 0 aliphatic carbocycles. The van der Waals surface area contributed by atoms with Gasteiger partial charge in [-0.15, -0.1) is 0 Å². The van der Waals surface area contributed by atoms with Crippen LogP contribution in [0.3, 0.4) is 0 Å². The number of para-hydroxylation sites is 1. The van der Waals surface area contributed by atoms with Crippen molar-refractivity contribution in [2.75, 3.05) is 17.7 Å². The number of hydrogen-bond acceptors (Lipinski definition) is 6. The molecule has 0 spiro atoms. The number of amides is 3. The van der Waals surface area contributed by atoms with Gasteiger partial charge in [0.25, 0.3) is 5.91 Å². The van der Waals surface area contributed by atoms with Gasteiger partial charge in [0.2, 0.25) is 5.76 Å². The number of hydrogen-bond donors (Lipinski definition) is 3. The number of rotatable bonds is 7. The lowest BCUT2D eigenvalue weighted by atomic mass is 10.0. The molecule has 37 heavy (non-hydrogen) atoms. The number of aromatic nitrogens is 1. The number of ether oxygens (including phenoxy) is 1. The van der Waals surface area contributed by atoms with Crippen molar-refractivity contribution in [3.05, 3.63) is 64.9 Å². The van der Waals surface area contributed by atoms with Gasteiger partial charge < -0.3 is 25.2 Å². The van der Waals surface area contributed by atoms with Crippen molar-refractivity contribution in [1.29, 1.82) is 0 Å². The molecular weight excluding hydrogens is 517 g/mol. The molecule has 0 aliphatic rings. The number of anilines is 2. The second-order valence-electron chi connectivity index (χ2n) is 8.11. The number of urea groups is 1. The van der Waals surface area contributed by atoms with Gasteiger partial charge >= 0.3 is 18.2 Å². The van der Waals surface area contributed by atoms with E-state index in [1.54, 1.807) is 26.0 Å². The third-order valence-electron chi connectivity index (χ3n) is 5.14. The maximum atomic E-state index is 13.2. The molecule has 13 heteroatoms. The van der Waals surface area contributed by atoms with Crippen LogP contribution in [0, 0.1) is 5.92 Å². The maximum Gasteiger partial charge on any atom is 0.418 e. The molecule has 9 nitrogen and oxygen atoms in total. The first kappa shape index (κ1) is 27.5. The SMILES string of the molecule is COC(=O)C(NC(=O)c1cc(-c2ccc(NC(=O)Nc3c(Cl)cccc3C(F)(F)F)cc2)no1)C(C)C. The van der Waals surface area contributed by atoms with E-state index < -0.39 is 41.4 Å². The van der Waals surface area contributed by atoms with Crippen molar-refractivity contribution in [2.24, 2.45) is 5.92 Å². The number of carbonyl (C=O) groups is 3. The van der Waals surface area contributed by atoms with Crippen LogP contribution in [0.2, 0.25) is 5.02 Å². The average Bonchev–Trinajstić information content (AvgIpc) is 3.33. The monoisotopic (exact) mass is 538 g/mol. The molecule has 0 radical (unpaired) electrons. The number of benzene rings is 2. The first-order valence-electron chi connectivity index (χ1n) is 10.8. The zero-order valence-corrected chi connectivity index (χ0v) is 20.5. The fourth-order valence-electron chi connectivity index (χ4n) is 3.24. The quantitative estimate of drug-likeness (QED) is 0.337. The molecule has 0 saturated carbocycles. The fraction of sp³-hybridized carbons (Fsp3) is 0.250. The zero-order valence-electron chi connectivity index (χ0n) is 19.8. The van der Waals surface area contributed by atoms with Gasteiger partial charge in [0.1, 0.15) is 11.7 Å². The zero-order chi connectivity index (χ0) is 27.3. The van der Waals surface area contributed by atoms with Crippen LogP contribution in [-0.4, -0.2) is 36.2 Å². The molecule has 0 fully saturated rings. The summed E-state index contributed by atoms with van der Waals surface area (Å²) in [7, 11) is 1.22. The highest BCUT2D eigenvalue weighted by molar-refractivity contribution is 6.34. The Labute approximate surface area is 214 Å². The van der Waals surface area contributed by atoms with E-state index in [4.69, 9.17) is 20.9 Å². The lowest BCUT2D eigenvalue weighted by molar-refractivity contribution is -0.144. The minimum Gasteiger partial charge on any atom is -0.467 e. The number of halogens is 4. The number of nitrogens with one attached hydrogen (secondary N) is 3. The molecule has 1 heterocycles. The minimum atomic E-state index is -4.71. The van der Waals surface area contributed by atoms with E-state index in [9.17, 15) is 27.6 Å². The summed E-state index contributed by atoms with van der Waals surface area (Å²) in [5.74, 6) is -1.62. The van der Waals surface area contributed by atoms with Crippen molar-refractivity contribution in [2.45, 2.75) is 26.1 Å². The van der Waals surface area contributed by atoms with E-state index in [-0.39, 0.29) is 22.4 Å². The van der Waals surface area contributed by atoms with Gasteiger partial charge in [-0.3, -0.25) is 4.79 Å². The first-order valence-corrected chi connectivity index (χ1v) is 11.2. The summed E-state index contributed by atoms with van der Waals surface area (Å²) in [6.45, 7) is 3.49. The summed E-state index contributed by atoms with van der Waals surface area (Å²) in [5.41, 5.74) is -0.561. The molecule has 1 atom stereocenters. The van der Waals surface area contributed by atoms with E-state index in [2.05, 4.69) is 21.1 Å². The van der Waals surface area contributed by atoms with Gasteiger partial charge in [-0.2, -0.15) is 13.2 Å².